The van der Waals surface area contributed by atoms with E-state index in [-0.39, 0.29) is 11.6 Å². The molecule has 3 heteroatoms. The van der Waals surface area contributed by atoms with Crippen LogP contribution >= 0.6 is 0 Å². The predicted octanol–water partition coefficient (Wildman–Crippen LogP) is 2.19. The van der Waals surface area contributed by atoms with Gasteiger partial charge >= 0.3 is 0 Å². The third-order valence-electron chi connectivity index (χ3n) is 2.28. The van der Waals surface area contributed by atoms with Crippen molar-refractivity contribution >= 4 is 0 Å². The highest BCUT2D eigenvalue weighted by Crippen LogP contribution is 2.14. The van der Waals surface area contributed by atoms with Crippen LogP contribution in [0.15, 0.2) is 4.79 Å². The molecule has 0 bridgehead atoms. The van der Waals surface area contributed by atoms with Gasteiger partial charge in [0.15, 0.2) is 0 Å². The molecule has 13 heavy (non-hydrogen) atoms. The van der Waals surface area contributed by atoms with E-state index in [0.717, 1.165) is 11.3 Å². The topological polar surface area (TPSA) is 37.8 Å². The number of hydrogen-bond donors (Lipinski definition) is 1. The molecule has 1 rings (SSSR count). The first-order valence-corrected chi connectivity index (χ1v) is 4.76. The lowest BCUT2D eigenvalue weighted by Crippen LogP contribution is -2.19. The van der Waals surface area contributed by atoms with E-state index in [1.807, 2.05) is 20.8 Å². The van der Waals surface area contributed by atoms with Crippen molar-refractivity contribution in [2.24, 2.45) is 0 Å². The summed E-state index contributed by atoms with van der Waals surface area (Å²) in [4.78, 5) is 11.7. The monoisotopic (exact) mass is 182 g/mol. The summed E-state index contributed by atoms with van der Waals surface area (Å²) in [6.07, 6.45) is 0. The van der Waals surface area contributed by atoms with Crippen LogP contribution in [0.25, 0.3) is 0 Å². The number of nitrogens with one attached hydrogen (secondary N) is 1. The first kappa shape index (κ1) is 10.1. The Morgan fingerprint density at radius 3 is 2.00 bits per heavy atom. The van der Waals surface area contributed by atoms with Crippen LogP contribution in [0.2, 0.25) is 0 Å². The molecule has 0 aliphatic rings. The smallest absolute Gasteiger partial charge is 0.269 e. The first-order chi connectivity index (χ1) is 5.95. The van der Waals surface area contributed by atoms with E-state index in [1.54, 1.807) is 4.68 Å². The first-order valence-electron chi connectivity index (χ1n) is 4.76. The molecule has 0 aliphatic carbocycles. The zero-order chi connectivity index (χ0) is 10.2. The molecular formula is C10H18N2O. The molecule has 0 saturated carbocycles. The van der Waals surface area contributed by atoms with E-state index >= 15 is 0 Å². The fourth-order valence-electron chi connectivity index (χ4n) is 1.49. The van der Waals surface area contributed by atoms with Gasteiger partial charge in [-0.1, -0.05) is 13.8 Å². The van der Waals surface area contributed by atoms with Crippen molar-refractivity contribution in [1.29, 1.82) is 0 Å². The van der Waals surface area contributed by atoms with E-state index in [1.165, 1.54) is 0 Å². The minimum Gasteiger partial charge on any atom is -0.299 e. The van der Waals surface area contributed by atoms with Crippen LogP contribution in [-0.2, 0) is 0 Å². The van der Waals surface area contributed by atoms with E-state index < -0.39 is 0 Å². The molecule has 0 saturated heterocycles. The molecule has 0 atom stereocenters. The Kier molecular flexibility index (Phi) is 2.64. The molecule has 1 heterocycles. The summed E-state index contributed by atoms with van der Waals surface area (Å²) in [7, 11) is 0. The van der Waals surface area contributed by atoms with E-state index in [0.29, 0.717) is 5.92 Å². The van der Waals surface area contributed by atoms with Crippen molar-refractivity contribution in [2.45, 2.75) is 46.6 Å². The standard InChI is InChI=1S/C10H18N2O/c1-6(2)9-8(5)10(13)12(11-9)7(3)4/h6-7,11H,1-5H3. The Balaban J connectivity index is 3.29. The number of aromatic amines is 1. The average Bonchev–Trinajstić information content (AvgIpc) is 2.29. The van der Waals surface area contributed by atoms with Crippen LogP contribution in [0.4, 0.5) is 0 Å². The van der Waals surface area contributed by atoms with Crippen molar-refractivity contribution in [3.63, 3.8) is 0 Å². The summed E-state index contributed by atoms with van der Waals surface area (Å²) in [5.74, 6) is 0.382. The molecule has 0 aromatic carbocycles. The highest BCUT2D eigenvalue weighted by molar-refractivity contribution is 5.18. The Hall–Kier alpha value is -0.990. The summed E-state index contributed by atoms with van der Waals surface area (Å²) < 4.78 is 1.69. The summed E-state index contributed by atoms with van der Waals surface area (Å²) >= 11 is 0. The molecule has 0 aliphatic heterocycles. The second-order valence-corrected chi connectivity index (χ2v) is 4.07. The predicted molar refractivity (Wildman–Crippen MR) is 54.3 cm³/mol. The second-order valence-electron chi connectivity index (χ2n) is 4.07. The zero-order valence-electron chi connectivity index (χ0n) is 9.01. The third kappa shape index (κ3) is 1.69. The number of hydrogen-bond acceptors (Lipinski definition) is 1. The van der Waals surface area contributed by atoms with Crippen molar-refractivity contribution in [3.05, 3.63) is 21.6 Å². The second kappa shape index (κ2) is 3.40. The molecule has 1 aromatic heterocycles. The van der Waals surface area contributed by atoms with Crippen LogP contribution in [0.5, 0.6) is 0 Å². The number of H-pyrrole nitrogens is 1. The molecule has 0 spiro atoms. The number of nitrogens with zero attached hydrogens (tertiary/aromatic N) is 1. The molecular weight excluding hydrogens is 164 g/mol. The van der Waals surface area contributed by atoms with E-state index in [2.05, 4.69) is 18.9 Å². The van der Waals surface area contributed by atoms with Crippen molar-refractivity contribution in [1.82, 2.24) is 9.78 Å². The summed E-state index contributed by atoms with van der Waals surface area (Å²) in [6, 6.07) is 0.207. The van der Waals surface area contributed by atoms with E-state index in [9.17, 15) is 4.79 Å². The lowest BCUT2D eigenvalue weighted by molar-refractivity contribution is 0.508. The van der Waals surface area contributed by atoms with E-state index in [4.69, 9.17) is 0 Å². The average molecular weight is 182 g/mol. The Labute approximate surface area is 78.8 Å². The molecule has 0 radical (unpaired) electrons. The van der Waals surface area contributed by atoms with Gasteiger partial charge in [0, 0.05) is 17.3 Å². The van der Waals surface area contributed by atoms with Crippen molar-refractivity contribution in [3.8, 4) is 0 Å². The summed E-state index contributed by atoms with van der Waals surface area (Å²) in [5.41, 5.74) is 2.01. The highest BCUT2D eigenvalue weighted by Gasteiger charge is 2.13. The SMILES string of the molecule is Cc1c(C(C)C)[nH]n(C(C)C)c1=O. The van der Waals surface area contributed by atoms with Crippen LogP contribution in [-0.4, -0.2) is 9.78 Å². The molecule has 0 amide bonds. The molecule has 1 N–H and O–H groups in total. The van der Waals surface area contributed by atoms with Crippen LogP contribution in [0, 0.1) is 6.92 Å². The van der Waals surface area contributed by atoms with Crippen LogP contribution in [0.3, 0.4) is 0 Å². The minimum absolute atomic E-state index is 0.110. The minimum atomic E-state index is 0.110. The fraction of sp³-hybridized carbons (Fsp3) is 0.700. The summed E-state index contributed by atoms with van der Waals surface area (Å²) in [6.45, 7) is 10.1. The maximum absolute atomic E-state index is 11.7. The lowest BCUT2D eigenvalue weighted by atomic mass is 10.1. The maximum Gasteiger partial charge on any atom is 0.269 e. The van der Waals surface area contributed by atoms with Gasteiger partial charge in [0.2, 0.25) is 0 Å². The number of aromatic nitrogens is 2. The maximum atomic E-state index is 11.7. The van der Waals surface area contributed by atoms with Gasteiger partial charge in [0.1, 0.15) is 0 Å². The van der Waals surface area contributed by atoms with Crippen molar-refractivity contribution in [2.75, 3.05) is 0 Å². The quantitative estimate of drug-likeness (QED) is 0.748. The third-order valence-corrected chi connectivity index (χ3v) is 2.28. The van der Waals surface area contributed by atoms with Gasteiger partial charge < -0.3 is 0 Å². The largest absolute Gasteiger partial charge is 0.299 e. The molecule has 74 valence electrons. The molecule has 0 fully saturated rings. The molecule has 0 unspecified atom stereocenters. The fourth-order valence-corrected chi connectivity index (χ4v) is 1.49. The van der Waals surface area contributed by atoms with Gasteiger partial charge in [-0.05, 0) is 26.7 Å². The molecule has 1 aromatic rings. The summed E-state index contributed by atoms with van der Waals surface area (Å²) in [5, 5.41) is 3.15. The van der Waals surface area contributed by atoms with Gasteiger partial charge in [-0.3, -0.25) is 14.6 Å². The van der Waals surface area contributed by atoms with Gasteiger partial charge in [0.05, 0.1) is 0 Å². The Bertz CT molecular complexity index is 344. The van der Waals surface area contributed by atoms with Crippen LogP contribution < -0.4 is 5.56 Å². The normalized spacial score (nSPS) is 11.6. The zero-order valence-corrected chi connectivity index (χ0v) is 9.01. The van der Waals surface area contributed by atoms with Gasteiger partial charge in [-0.25, -0.2) is 0 Å². The van der Waals surface area contributed by atoms with Gasteiger partial charge in [-0.15, -0.1) is 0 Å². The van der Waals surface area contributed by atoms with Gasteiger partial charge in [-0.2, -0.15) is 0 Å². The lowest BCUT2D eigenvalue weighted by Gasteiger charge is -2.06. The Morgan fingerprint density at radius 2 is 1.77 bits per heavy atom. The van der Waals surface area contributed by atoms with Crippen LogP contribution in [0.1, 0.15) is 50.9 Å². The Morgan fingerprint density at radius 1 is 1.23 bits per heavy atom. The highest BCUT2D eigenvalue weighted by atomic mass is 16.1. The van der Waals surface area contributed by atoms with Gasteiger partial charge in [0.25, 0.3) is 5.56 Å². The molecule has 3 nitrogen and oxygen atoms in total. The number of rotatable bonds is 2. The van der Waals surface area contributed by atoms with Crippen molar-refractivity contribution < 1.29 is 0 Å².